The third-order valence-corrected chi connectivity index (χ3v) is 7.36. The first kappa shape index (κ1) is 15.2. The summed E-state index contributed by atoms with van der Waals surface area (Å²) in [5.41, 5.74) is 2.26. The molecule has 3 nitrogen and oxygen atoms in total. The van der Waals surface area contributed by atoms with Crippen LogP contribution in [0.3, 0.4) is 0 Å². The van der Waals surface area contributed by atoms with E-state index in [9.17, 15) is 10.2 Å². The normalized spacial score (nSPS) is 54.7. The van der Waals surface area contributed by atoms with E-state index in [0.717, 1.165) is 45.1 Å². The van der Waals surface area contributed by atoms with Crippen LogP contribution < -0.4 is 0 Å². The van der Waals surface area contributed by atoms with Crippen LogP contribution in [0.15, 0.2) is 11.1 Å². The predicted octanol–water partition coefficient (Wildman–Crippen LogP) is 3.19. The number of rotatable bonds is 0. The van der Waals surface area contributed by atoms with Crippen LogP contribution in [-0.4, -0.2) is 34.6 Å². The van der Waals surface area contributed by atoms with E-state index in [-0.39, 0.29) is 23.5 Å². The van der Waals surface area contributed by atoms with Gasteiger partial charge in [0.25, 0.3) is 0 Å². The van der Waals surface area contributed by atoms with Gasteiger partial charge in [-0.2, -0.15) is 0 Å². The summed E-state index contributed by atoms with van der Waals surface area (Å²) in [6, 6.07) is 0. The third-order valence-electron chi connectivity index (χ3n) is 7.36. The molecule has 4 aliphatic rings. The van der Waals surface area contributed by atoms with Crippen molar-refractivity contribution in [2.24, 2.45) is 16.7 Å². The van der Waals surface area contributed by atoms with Gasteiger partial charge in [-0.15, -0.1) is 0 Å². The molecule has 0 aromatic heterocycles. The Bertz CT molecular complexity index is 523. The zero-order valence-corrected chi connectivity index (χ0v) is 14.2. The van der Waals surface area contributed by atoms with Crippen molar-refractivity contribution in [1.29, 1.82) is 0 Å². The lowest BCUT2D eigenvalue weighted by molar-refractivity contribution is -0.127. The Morgan fingerprint density at radius 3 is 2.68 bits per heavy atom. The summed E-state index contributed by atoms with van der Waals surface area (Å²) in [5.74, 6) is 0.150. The van der Waals surface area contributed by atoms with Crippen molar-refractivity contribution in [2.75, 3.05) is 6.61 Å². The highest BCUT2D eigenvalue weighted by molar-refractivity contribution is 5.38. The Morgan fingerprint density at radius 2 is 1.91 bits per heavy atom. The van der Waals surface area contributed by atoms with Gasteiger partial charge in [0.05, 0.1) is 17.8 Å². The van der Waals surface area contributed by atoms with Crippen molar-refractivity contribution in [1.82, 2.24) is 0 Å². The monoisotopic (exact) mass is 306 g/mol. The standard InChI is InChI=1S/C19H30O3/c1-17-7-8-22-14(11-17)16-12(10-17)13(20)9-15-18(16,2)5-4-6-19(15,3)21/h13-15,20-21H,4-11H2,1-3H3/t13-,14+,15+,17+,18-,19?/m0/s1. The highest BCUT2D eigenvalue weighted by atomic mass is 16.5. The van der Waals surface area contributed by atoms with Crippen molar-refractivity contribution in [3.8, 4) is 0 Å². The second-order valence-corrected chi connectivity index (χ2v) is 9.17. The van der Waals surface area contributed by atoms with E-state index in [0.29, 0.717) is 11.8 Å². The van der Waals surface area contributed by atoms with Crippen LogP contribution in [0, 0.1) is 16.7 Å². The average Bonchev–Trinajstić information content (AvgIpc) is 2.40. The van der Waals surface area contributed by atoms with Gasteiger partial charge in [-0.1, -0.05) is 13.8 Å². The van der Waals surface area contributed by atoms with Crippen LogP contribution in [0.5, 0.6) is 0 Å². The van der Waals surface area contributed by atoms with Crippen molar-refractivity contribution in [2.45, 2.75) is 83.5 Å². The Morgan fingerprint density at radius 1 is 1.14 bits per heavy atom. The van der Waals surface area contributed by atoms with E-state index in [1.165, 1.54) is 11.1 Å². The molecule has 3 aliphatic carbocycles. The van der Waals surface area contributed by atoms with Crippen molar-refractivity contribution >= 4 is 0 Å². The molecule has 22 heavy (non-hydrogen) atoms. The molecule has 0 aromatic rings. The van der Waals surface area contributed by atoms with Crippen LogP contribution in [0.25, 0.3) is 0 Å². The molecule has 6 atom stereocenters. The Labute approximate surface area is 133 Å². The molecule has 2 bridgehead atoms. The van der Waals surface area contributed by atoms with Crippen LogP contribution in [0.1, 0.15) is 65.7 Å². The Balaban J connectivity index is 1.84. The highest BCUT2D eigenvalue weighted by Crippen LogP contribution is 2.62. The van der Waals surface area contributed by atoms with Gasteiger partial charge in [0.15, 0.2) is 0 Å². The van der Waals surface area contributed by atoms with E-state index in [2.05, 4.69) is 13.8 Å². The first-order chi connectivity index (χ1) is 10.3. The molecule has 124 valence electrons. The van der Waals surface area contributed by atoms with Crippen molar-refractivity contribution in [3.63, 3.8) is 0 Å². The second kappa shape index (κ2) is 4.58. The number of hydrogen-bond acceptors (Lipinski definition) is 3. The van der Waals surface area contributed by atoms with Crippen LogP contribution >= 0.6 is 0 Å². The maximum Gasteiger partial charge on any atom is 0.0799 e. The smallest absolute Gasteiger partial charge is 0.0799 e. The molecule has 4 rings (SSSR count). The molecule has 0 radical (unpaired) electrons. The van der Waals surface area contributed by atoms with Crippen molar-refractivity contribution < 1.29 is 14.9 Å². The summed E-state index contributed by atoms with van der Waals surface area (Å²) in [7, 11) is 0. The lowest BCUT2D eigenvalue weighted by Gasteiger charge is -2.59. The summed E-state index contributed by atoms with van der Waals surface area (Å²) >= 11 is 0. The topological polar surface area (TPSA) is 49.7 Å². The predicted molar refractivity (Wildman–Crippen MR) is 85.4 cm³/mol. The van der Waals surface area contributed by atoms with E-state index < -0.39 is 5.60 Å². The molecule has 0 amide bonds. The molecule has 0 aromatic carbocycles. The molecule has 1 unspecified atom stereocenters. The van der Waals surface area contributed by atoms with Crippen molar-refractivity contribution in [3.05, 3.63) is 11.1 Å². The zero-order valence-electron chi connectivity index (χ0n) is 14.2. The fourth-order valence-electron chi connectivity index (χ4n) is 6.25. The molecule has 1 saturated heterocycles. The second-order valence-electron chi connectivity index (χ2n) is 9.17. The number of fused-ring (bicyclic) bond motifs is 5. The molecule has 2 N–H and O–H groups in total. The molecule has 1 heterocycles. The average molecular weight is 306 g/mol. The summed E-state index contributed by atoms with van der Waals surface area (Å²) in [5, 5.41) is 21.8. The van der Waals surface area contributed by atoms with Gasteiger partial charge in [-0.05, 0) is 79.8 Å². The Hall–Kier alpha value is -0.380. The van der Waals surface area contributed by atoms with E-state index in [1.54, 1.807) is 0 Å². The number of hydrogen-bond donors (Lipinski definition) is 2. The van der Waals surface area contributed by atoms with Crippen LogP contribution in [0.4, 0.5) is 0 Å². The van der Waals surface area contributed by atoms with Gasteiger partial charge in [-0.25, -0.2) is 0 Å². The highest BCUT2D eigenvalue weighted by Gasteiger charge is 2.58. The van der Waals surface area contributed by atoms with Gasteiger partial charge >= 0.3 is 0 Å². The summed E-state index contributed by atoms with van der Waals surface area (Å²) in [6.07, 6.45) is 6.74. The SMILES string of the molecule is CC1(O)CCC[C@]2(C)C3=C(C[C@@]4(C)CCO[C@@H]3C4)[C@@H](O)C[C@@H]12. The minimum atomic E-state index is -0.665. The van der Waals surface area contributed by atoms with Gasteiger partial charge in [0.1, 0.15) is 0 Å². The molecule has 3 heteroatoms. The fraction of sp³-hybridized carbons (Fsp3) is 0.895. The van der Waals surface area contributed by atoms with Crippen LogP contribution in [0.2, 0.25) is 0 Å². The lowest BCUT2D eigenvalue weighted by atomic mass is 9.49. The van der Waals surface area contributed by atoms with Gasteiger partial charge in [-0.3, -0.25) is 0 Å². The number of ether oxygens (including phenoxy) is 1. The molecule has 1 saturated carbocycles. The van der Waals surface area contributed by atoms with Gasteiger partial charge in [0, 0.05) is 6.61 Å². The molecule has 2 fully saturated rings. The van der Waals surface area contributed by atoms with E-state index >= 15 is 0 Å². The summed E-state index contributed by atoms with van der Waals surface area (Å²) < 4.78 is 6.16. The minimum Gasteiger partial charge on any atom is -0.390 e. The molecular weight excluding hydrogens is 276 g/mol. The number of aliphatic hydroxyl groups excluding tert-OH is 1. The quantitative estimate of drug-likeness (QED) is 0.676. The summed E-state index contributed by atoms with van der Waals surface area (Å²) in [4.78, 5) is 0. The fourth-order valence-corrected chi connectivity index (χ4v) is 6.25. The minimum absolute atomic E-state index is 0.000347. The maximum atomic E-state index is 10.9. The number of aliphatic hydroxyl groups is 2. The summed E-state index contributed by atoms with van der Waals surface area (Å²) in [6.45, 7) is 7.49. The van der Waals surface area contributed by atoms with Gasteiger partial charge in [0.2, 0.25) is 0 Å². The van der Waals surface area contributed by atoms with Crippen LogP contribution in [-0.2, 0) is 4.74 Å². The largest absolute Gasteiger partial charge is 0.390 e. The lowest BCUT2D eigenvalue weighted by Crippen LogP contribution is -2.57. The third kappa shape index (κ3) is 1.98. The molecule has 0 spiro atoms. The van der Waals surface area contributed by atoms with E-state index in [4.69, 9.17) is 4.74 Å². The van der Waals surface area contributed by atoms with Gasteiger partial charge < -0.3 is 14.9 Å². The first-order valence-corrected chi connectivity index (χ1v) is 9.01. The first-order valence-electron chi connectivity index (χ1n) is 9.01. The molecule has 1 aliphatic heterocycles. The maximum absolute atomic E-state index is 10.9. The Kier molecular flexibility index (Phi) is 3.16. The molecular formula is C19H30O3. The van der Waals surface area contributed by atoms with E-state index in [1.807, 2.05) is 6.92 Å². The zero-order chi connectivity index (χ0) is 15.8.